The molecule has 2 aromatic carbocycles. The Bertz CT molecular complexity index is 842. The van der Waals surface area contributed by atoms with Crippen LogP contribution in [0.3, 0.4) is 0 Å². The van der Waals surface area contributed by atoms with Crippen LogP contribution in [0, 0.1) is 9.39 Å². The van der Waals surface area contributed by atoms with Crippen molar-refractivity contribution in [3.05, 3.63) is 62.5 Å². The maximum Gasteiger partial charge on any atom is 0.417 e. The van der Waals surface area contributed by atoms with Crippen LogP contribution in [0.5, 0.6) is 0 Å². The summed E-state index contributed by atoms with van der Waals surface area (Å²) < 4.78 is 53.9. The SMILES string of the molecule is O=C1Nc2ccc(I)cc2C1=Cc1c(F)cccc1C(F)(F)F. The lowest BCUT2D eigenvalue weighted by Gasteiger charge is -2.11. The van der Waals surface area contributed by atoms with E-state index in [0.29, 0.717) is 11.3 Å². The molecule has 2 nitrogen and oxygen atoms in total. The third-order valence-corrected chi connectivity index (χ3v) is 4.08. The number of alkyl halides is 3. The van der Waals surface area contributed by atoms with Crippen LogP contribution in [0.15, 0.2) is 36.4 Å². The van der Waals surface area contributed by atoms with Crippen molar-refractivity contribution in [2.24, 2.45) is 0 Å². The van der Waals surface area contributed by atoms with Gasteiger partial charge >= 0.3 is 6.18 Å². The number of hydrogen-bond donors (Lipinski definition) is 1. The Morgan fingerprint density at radius 1 is 1.13 bits per heavy atom. The molecule has 1 amide bonds. The molecule has 23 heavy (non-hydrogen) atoms. The number of carbonyl (C=O) groups excluding carboxylic acids is 1. The van der Waals surface area contributed by atoms with Gasteiger partial charge in [-0.05, 0) is 59.0 Å². The fourth-order valence-corrected chi connectivity index (χ4v) is 2.87. The average molecular weight is 433 g/mol. The molecule has 1 aliphatic rings. The standard InChI is InChI=1S/C16H8F4INO/c17-13-3-1-2-12(16(18,19)20)11(13)7-10-9-6-8(21)4-5-14(9)22-15(10)23/h1-7H,(H,22,23). The van der Waals surface area contributed by atoms with Crippen molar-refractivity contribution in [2.45, 2.75) is 6.18 Å². The Labute approximate surface area is 142 Å². The van der Waals surface area contributed by atoms with E-state index in [-0.39, 0.29) is 5.57 Å². The third-order valence-electron chi connectivity index (χ3n) is 3.41. The normalized spacial score (nSPS) is 15.7. The lowest BCUT2D eigenvalue weighted by atomic mass is 10.00. The summed E-state index contributed by atoms with van der Waals surface area (Å²) in [4.78, 5) is 12.0. The molecular formula is C16H8F4INO. The summed E-state index contributed by atoms with van der Waals surface area (Å²) >= 11 is 2.03. The van der Waals surface area contributed by atoms with E-state index in [1.54, 1.807) is 18.2 Å². The zero-order valence-electron chi connectivity index (χ0n) is 11.3. The lowest BCUT2D eigenvalue weighted by molar-refractivity contribution is -0.137. The molecular weight excluding hydrogens is 425 g/mol. The largest absolute Gasteiger partial charge is 0.417 e. The zero-order chi connectivity index (χ0) is 16.8. The minimum atomic E-state index is -4.71. The van der Waals surface area contributed by atoms with Gasteiger partial charge in [-0.1, -0.05) is 6.07 Å². The summed E-state index contributed by atoms with van der Waals surface area (Å²) in [6, 6.07) is 7.79. The van der Waals surface area contributed by atoms with Crippen molar-refractivity contribution in [3.8, 4) is 0 Å². The summed E-state index contributed by atoms with van der Waals surface area (Å²) in [7, 11) is 0. The van der Waals surface area contributed by atoms with Crippen molar-refractivity contribution < 1.29 is 22.4 Å². The fraction of sp³-hybridized carbons (Fsp3) is 0.0625. The number of carbonyl (C=O) groups is 1. The van der Waals surface area contributed by atoms with Crippen LogP contribution >= 0.6 is 22.6 Å². The van der Waals surface area contributed by atoms with Gasteiger partial charge in [-0.25, -0.2) is 4.39 Å². The van der Waals surface area contributed by atoms with Gasteiger partial charge in [-0.3, -0.25) is 4.79 Å². The summed E-state index contributed by atoms with van der Waals surface area (Å²) in [5.74, 6) is -1.59. The van der Waals surface area contributed by atoms with Gasteiger partial charge in [-0.15, -0.1) is 0 Å². The molecule has 118 valence electrons. The van der Waals surface area contributed by atoms with E-state index < -0.39 is 29.0 Å². The second-order valence-electron chi connectivity index (χ2n) is 4.90. The minimum absolute atomic E-state index is 0.00844. The Balaban J connectivity index is 2.21. The highest BCUT2D eigenvalue weighted by Gasteiger charge is 2.35. The molecule has 0 aromatic heterocycles. The van der Waals surface area contributed by atoms with Crippen LogP contribution in [0.25, 0.3) is 11.6 Å². The molecule has 0 unspecified atom stereocenters. The highest BCUT2D eigenvalue weighted by Crippen LogP contribution is 2.38. The van der Waals surface area contributed by atoms with Gasteiger partial charge in [0.25, 0.3) is 5.91 Å². The second kappa shape index (κ2) is 5.63. The molecule has 0 fully saturated rings. The number of halogens is 5. The predicted molar refractivity (Wildman–Crippen MR) is 87.1 cm³/mol. The number of rotatable bonds is 1. The van der Waals surface area contributed by atoms with Crippen LogP contribution in [-0.4, -0.2) is 5.91 Å². The van der Waals surface area contributed by atoms with Gasteiger partial charge in [0.05, 0.1) is 5.56 Å². The van der Waals surface area contributed by atoms with E-state index in [1.165, 1.54) is 0 Å². The molecule has 0 atom stereocenters. The van der Waals surface area contributed by atoms with Crippen LogP contribution < -0.4 is 5.32 Å². The highest BCUT2D eigenvalue weighted by atomic mass is 127. The van der Waals surface area contributed by atoms with Crippen LogP contribution in [0.4, 0.5) is 23.2 Å². The van der Waals surface area contributed by atoms with Gasteiger partial charge in [0, 0.05) is 26.0 Å². The number of amides is 1. The molecule has 1 heterocycles. The summed E-state index contributed by atoms with van der Waals surface area (Å²) in [5.41, 5.74) is -0.798. The molecule has 0 spiro atoms. The Kier molecular flexibility index (Phi) is 3.91. The van der Waals surface area contributed by atoms with Crippen molar-refractivity contribution in [3.63, 3.8) is 0 Å². The predicted octanol–water partition coefficient (Wildman–Crippen LogP) is 4.94. The van der Waals surface area contributed by atoms with E-state index in [0.717, 1.165) is 27.8 Å². The first-order valence-electron chi connectivity index (χ1n) is 6.46. The lowest BCUT2D eigenvalue weighted by Crippen LogP contribution is -2.09. The van der Waals surface area contributed by atoms with Crippen molar-refractivity contribution in [1.29, 1.82) is 0 Å². The first kappa shape index (κ1) is 16.0. The molecule has 3 rings (SSSR count). The molecule has 0 saturated carbocycles. The Hall–Kier alpha value is -1.90. The average Bonchev–Trinajstić information content (AvgIpc) is 2.76. The maximum absolute atomic E-state index is 13.9. The highest BCUT2D eigenvalue weighted by molar-refractivity contribution is 14.1. The topological polar surface area (TPSA) is 29.1 Å². The molecule has 0 radical (unpaired) electrons. The third kappa shape index (κ3) is 2.97. The van der Waals surface area contributed by atoms with Gasteiger partial charge < -0.3 is 5.32 Å². The second-order valence-corrected chi connectivity index (χ2v) is 6.15. The Morgan fingerprint density at radius 2 is 1.87 bits per heavy atom. The molecule has 1 N–H and O–H groups in total. The fourth-order valence-electron chi connectivity index (χ4n) is 2.38. The van der Waals surface area contributed by atoms with E-state index >= 15 is 0 Å². The molecule has 0 bridgehead atoms. The first-order chi connectivity index (χ1) is 10.8. The number of benzene rings is 2. The molecule has 2 aromatic rings. The summed E-state index contributed by atoms with van der Waals surface area (Å²) in [5, 5.41) is 2.56. The van der Waals surface area contributed by atoms with Crippen LogP contribution in [-0.2, 0) is 11.0 Å². The number of hydrogen-bond acceptors (Lipinski definition) is 1. The van der Waals surface area contributed by atoms with Gasteiger partial charge in [0.2, 0.25) is 0 Å². The quantitative estimate of drug-likeness (QED) is 0.386. The van der Waals surface area contributed by atoms with Gasteiger partial charge in [0.1, 0.15) is 5.82 Å². The van der Waals surface area contributed by atoms with Gasteiger partial charge in [0.15, 0.2) is 0 Å². The van der Waals surface area contributed by atoms with Crippen LogP contribution in [0.2, 0.25) is 0 Å². The maximum atomic E-state index is 13.9. The smallest absolute Gasteiger partial charge is 0.321 e. The first-order valence-corrected chi connectivity index (χ1v) is 7.54. The van der Waals surface area contributed by atoms with Crippen molar-refractivity contribution in [1.82, 2.24) is 0 Å². The summed E-state index contributed by atoms with van der Waals surface area (Å²) in [6.45, 7) is 0. The Morgan fingerprint density at radius 3 is 2.57 bits per heavy atom. The van der Waals surface area contributed by atoms with Crippen molar-refractivity contribution >= 4 is 45.8 Å². The number of fused-ring (bicyclic) bond motifs is 1. The van der Waals surface area contributed by atoms with Gasteiger partial charge in [-0.2, -0.15) is 13.2 Å². The minimum Gasteiger partial charge on any atom is -0.321 e. The number of anilines is 1. The molecule has 1 aliphatic heterocycles. The van der Waals surface area contributed by atoms with Crippen molar-refractivity contribution in [2.75, 3.05) is 5.32 Å². The summed E-state index contributed by atoms with van der Waals surface area (Å²) in [6.07, 6.45) is -3.76. The monoisotopic (exact) mass is 433 g/mol. The zero-order valence-corrected chi connectivity index (χ0v) is 13.5. The van der Waals surface area contributed by atoms with Crippen LogP contribution in [0.1, 0.15) is 16.7 Å². The van der Waals surface area contributed by atoms with E-state index in [4.69, 9.17) is 0 Å². The van der Waals surface area contributed by atoms with E-state index in [2.05, 4.69) is 5.32 Å². The van der Waals surface area contributed by atoms with E-state index in [1.807, 2.05) is 22.6 Å². The molecule has 0 saturated heterocycles. The molecule has 0 aliphatic carbocycles. The molecule has 7 heteroatoms. The number of nitrogens with one attached hydrogen (secondary N) is 1. The van der Waals surface area contributed by atoms with E-state index in [9.17, 15) is 22.4 Å².